The van der Waals surface area contributed by atoms with Gasteiger partial charge in [0, 0.05) is 0 Å². The van der Waals surface area contributed by atoms with Gasteiger partial charge in [-0.1, -0.05) is 17.7 Å². The Morgan fingerprint density at radius 1 is 1.40 bits per heavy atom. The molecule has 1 aromatic carbocycles. The molecule has 0 aliphatic rings. The summed E-state index contributed by atoms with van der Waals surface area (Å²) in [5, 5.41) is 3.44. The number of thioether (sulfide) groups is 1. The van der Waals surface area contributed by atoms with Gasteiger partial charge in [-0.05, 0) is 43.2 Å². The fourth-order valence-corrected chi connectivity index (χ4v) is 2.98. The molecule has 0 fully saturated rings. The Bertz CT molecular complexity index is 573. The average molecular weight is 310 g/mol. The SMILES string of the molecule is Cc1cc(C)c(NC(=O)CSCc2ccco2)c(Cl)c1. The number of aryl methyl sites for hydroxylation is 2. The van der Waals surface area contributed by atoms with Crippen LogP contribution in [0.1, 0.15) is 16.9 Å². The molecule has 0 spiro atoms. The number of anilines is 1. The van der Waals surface area contributed by atoms with E-state index in [9.17, 15) is 4.79 Å². The highest BCUT2D eigenvalue weighted by atomic mass is 35.5. The highest BCUT2D eigenvalue weighted by Crippen LogP contribution is 2.27. The maximum absolute atomic E-state index is 11.9. The van der Waals surface area contributed by atoms with Gasteiger partial charge in [-0.15, -0.1) is 11.8 Å². The molecule has 0 bridgehead atoms. The predicted molar refractivity (Wildman–Crippen MR) is 84.4 cm³/mol. The molecule has 1 heterocycles. The van der Waals surface area contributed by atoms with E-state index in [0.717, 1.165) is 16.9 Å². The van der Waals surface area contributed by atoms with Crippen LogP contribution in [-0.4, -0.2) is 11.7 Å². The lowest BCUT2D eigenvalue weighted by Crippen LogP contribution is -2.15. The number of amides is 1. The van der Waals surface area contributed by atoms with Crippen molar-refractivity contribution in [2.24, 2.45) is 0 Å². The number of carbonyl (C=O) groups is 1. The van der Waals surface area contributed by atoms with Crippen molar-refractivity contribution in [3.8, 4) is 0 Å². The molecule has 2 aromatic rings. The van der Waals surface area contributed by atoms with Gasteiger partial charge < -0.3 is 9.73 Å². The second-order valence-electron chi connectivity index (χ2n) is 4.56. The van der Waals surface area contributed by atoms with Gasteiger partial charge in [0.25, 0.3) is 0 Å². The number of hydrogen-bond acceptors (Lipinski definition) is 3. The third-order valence-corrected chi connectivity index (χ3v) is 4.01. The van der Waals surface area contributed by atoms with Crippen molar-refractivity contribution < 1.29 is 9.21 Å². The van der Waals surface area contributed by atoms with E-state index in [2.05, 4.69) is 5.32 Å². The lowest BCUT2D eigenvalue weighted by molar-refractivity contribution is -0.113. The van der Waals surface area contributed by atoms with Gasteiger partial charge in [0.05, 0.1) is 28.5 Å². The van der Waals surface area contributed by atoms with Gasteiger partial charge in [-0.2, -0.15) is 0 Å². The molecule has 0 aliphatic carbocycles. The molecule has 3 nitrogen and oxygen atoms in total. The number of nitrogens with one attached hydrogen (secondary N) is 1. The summed E-state index contributed by atoms with van der Waals surface area (Å²) in [5.74, 6) is 1.86. The van der Waals surface area contributed by atoms with Crippen LogP contribution < -0.4 is 5.32 Å². The first-order valence-electron chi connectivity index (χ1n) is 6.23. The van der Waals surface area contributed by atoms with Gasteiger partial charge in [0.15, 0.2) is 0 Å². The molecule has 1 amide bonds. The smallest absolute Gasteiger partial charge is 0.234 e. The maximum atomic E-state index is 11.9. The number of hydrogen-bond donors (Lipinski definition) is 1. The monoisotopic (exact) mass is 309 g/mol. The van der Waals surface area contributed by atoms with Crippen LogP contribution >= 0.6 is 23.4 Å². The van der Waals surface area contributed by atoms with Gasteiger partial charge in [-0.3, -0.25) is 4.79 Å². The first kappa shape index (κ1) is 15.0. The molecule has 5 heteroatoms. The average Bonchev–Trinajstić information content (AvgIpc) is 2.87. The summed E-state index contributed by atoms with van der Waals surface area (Å²) in [6.07, 6.45) is 1.63. The van der Waals surface area contributed by atoms with Crippen molar-refractivity contribution in [2.75, 3.05) is 11.1 Å². The van der Waals surface area contributed by atoms with Crippen LogP contribution in [0.5, 0.6) is 0 Å². The van der Waals surface area contributed by atoms with Crippen molar-refractivity contribution in [3.05, 3.63) is 52.4 Å². The van der Waals surface area contributed by atoms with Crippen LogP contribution in [0.3, 0.4) is 0 Å². The van der Waals surface area contributed by atoms with Crippen LogP contribution in [-0.2, 0) is 10.5 Å². The van der Waals surface area contributed by atoms with Crippen molar-refractivity contribution in [1.82, 2.24) is 0 Å². The number of carbonyl (C=O) groups excluding carboxylic acids is 1. The molecule has 0 saturated heterocycles. The van der Waals surface area contributed by atoms with E-state index in [4.69, 9.17) is 16.0 Å². The molecule has 20 heavy (non-hydrogen) atoms. The summed E-state index contributed by atoms with van der Waals surface area (Å²) >= 11 is 7.66. The molecule has 0 radical (unpaired) electrons. The Balaban J connectivity index is 1.88. The summed E-state index contributed by atoms with van der Waals surface area (Å²) in [6.45, 7) is 3.91. The van der Waals surface area contributed by atoms with Crippen LogP contribution in [0.4, 0.5) is 5.69 Å². The van der Waals surface area contributed by atoms with Gasteiger partial charge in [-0.25, -0.2) is 0 Å². The number of furan rings is 1. The Morgan fingerprint density at radius 3 is 2.85 bits per heavy atom. The highest BCUT2D eigenvalue weighted by molar-refractivity contribution is 7.99. The van der Waals surface area contributed by atoms with E-state index in [0.29, 0.717) is 22.2 Å². The minimum atomic E-state index is -0.0598. The lowest BCUT2D eigenvalue weighted by Gasteiger charge is -2.11. The number of benzene rings is 1. The molecular formula is C15H16ClNO2S. The van der Waals surface area contributed by atoms with E-state index in [1.807, 2.05) is 38.1 Å². The normalized spacial score (nSPS) is 10.6. The van der Waals surface area contributed by atoms with Crippen molar-refractivity contribution in [1.29, 1.82) is 0 Å². The minimum absolute atomic E-state index is 0.0598. The summed E-state index contributed by atoms with van der Waals surface area (Å²) in [4.78, 5) is 11.9. The topological polar surface area (TPSA) is 42.2 Å². The summed E-state index contributed by atoms with van der Waals surface area (Å²) in [5.41, 5.74) is 2.75. The highest BCUT2D eigenvalue weighted by Gasteiger charge is 2.09. The van der Waals surface area contributed by atoms with E-state index >= 15 is 0 Å². The lowest BCUT2D eigenvalue weighted by atomic mass is 10.1. The van der Waals surface area contributed by atoms with Crippen molar-refractivity contribution in [2.45, 2.75) is 19.6 Å². The Morgan fingerprint density at radius 2 is 2.20 bits per heavy atom. The number of rotatable bonds is 5. The molecular weight excluding hydrogens is 294 g/mol. The van der Waals surface area contributed by atoms with Gasteiger partial charge in [0.1, 0.15) is 5.76 Å². The fraction of sp³-hybridized carbons (Fsp3) is 0.267. The predicted octanol–water partition coefficient (Wildman–Crippen LogP) is 4.42. The zero-order valence-electron chi connectivity index (χ0n) is 11.4. The zero-order chi connectivity index (χ0) is 14.5. The second kappa shape index (κ2) is 6.86. The van der Waals surface area contributed by atoms with Crippen LogP contribution in [0.15, 0.2) is 34.9 Å². The molecule has 2 rings (SSSR count). The maximum Gasteiger partial charge on any atom is 0.234 e. The van der Waals surface area contributed by atoms with E-state index in [1.165, 1.54) is 11.8 Å². The van der Waals surface area contributed by atoms with Crippen LogP contribution in [0.2, 0.25) is 5.02 Å². The van der Waals surface area contributed by atoms with Crippen LogP contribution in [0.25, 0.3) is 0 Å². The summed E-state index contributed by atoms with van der Waals surface area (Å²) in [7, 11) is 0. The molecule has 0 atom stereocenters. The van der Waals surface area contributed by atoms with Crippen molar-refractivity contribution >= 4 is 35.0 Å². The Labute approximate surface area is 127 Å². The second-order valence-corrected chi connectivity index (χ2v) is 5.95. The van der Waals surface area contributed by atoms with Crippen molar-refractivity contribution in [3.63, 3.8) is 0 Å². The van der Waals surface area contributed by atoms with Crippen LogP contribution in [0, 0.1) is 13.8 Å². The molecule has 1 N–H and O–H groups in total. The summed E-state index contributed by atoms with van der Waals surface area (Å²) < 4.78 is 5.21. The molecule has 0 aliphatic heterocycles. The van der Waals surface area contributed by atoms with E-state index < -0.39 is 0 Å². The van der Waals surface area contributed by atoms with E-state index in [1.54, 1.807) is 6.26 Å². The van der Waals surface area contributed by atoms with Gasteiger partial charge >= 0.3 is 0 Å². The fourth-order valence-electron chi connectivity index (χ4n) is 1.89. The third kappa shape index (κ3) is 4.05. The van der Waals surface area contributed by atoms with Gasteiger partial charge in [0.2, 0.25) is 5.91 Å². The molecule has 1 aromatic heterocycles. The largest absolute Gasteiger partial charge is 0.468 e. The molecule has 0 unspecified atom stereocenters. The first-order chi connectivity index (χ1) is 9.56. The number of halogens is 1. The standard InChI is InChI=1S/C15H16ClNO2S/c1-10-6-11(2)15(13(16)7-10)17-14(18)9-20-8-12-4-3-5-19-12/h3-7H,8-9H2,1-2H3,(H,17,18). The first-order valence-corrected chi connectivity index (χ1v) is 7.76. The van der Waals surface area contributed by atoms with E-state index in [-0.39, 0.29) is 5.91 Å². The Kier molecular flexibility index (Phi) is 5.15. The molecule has 0 saturated carbocycles. The Hall–Kier alpha value is -1.39. The quantitative estimate of drug-likeness (QED) is 0.889. The third-order valence-electron chi connectivity index (χ3n) is 2.75. The molecule has 106 valence electrons. The minimum Gasteiger partial charge on any atom is -0.468 e. The zero-order valence-corrected chi connectivity index (χ0v) is 13.0. The summed E-state index contributed by atoms with van der Waals surface area (Å²) in [6, 6.07) is 7.58.